The van der Waals surface area contributed by atoms with E-state index in [1.54, 1.807) is 56.0 Å². The van der Waals surface area contributed by atoms with Crippen molar-refractivity contribution in [1.82, 2.24) is 4.90 Å². The highest BCUT2D eigenvalue weighted by atomic mass is 35.5. The number of thiocarbonyl (C=S) groups is 1. The van der Waals surface area contributed by atoms with Gasteiger partial charge in [-0.25, -0.2) is 4.39 Å². The van der Waals surface area contributed by atoms with Crippen LogP contribution in [-0.4, -0.2) is 33.9 Å². The fourth-order valence-electron chi connectivity index (χ4n) is 4.04. The minimum absolute atomic E-state index is 0.127. The normalized spacial score (nSPS) is 18.7. The molecule has 1 heterocycles. The van der Waals surface area contributed by atoms with Crippen molar-refractivity contribution in [3.05, 3.63) is 64.4 Å². The van der Waals surface area contributed by atoms with Crippen LogP contribution in [0.3, 0.4) is 0 Å². The molecule has 5 nitrogen and oxygen atoms in total. The first-order valence-electron chi connectivity index (χ1n) is 10.8. The summed E-state index contributed by atoms with van der Waals surface area (Å²) >= 11 is 11.7. The molecule has 0 unspecified atom stereocenters. The Hall–Kier alpha value is -2.51. The second-order valence-corrected chi connectivity index (χ2v) is 10.1. The quantitative estimate of drug-likeness (QED) is 0.421. The Bertz CT molecular complexity index is 1070. The second-order valence-electron chi connectivity index (χ2n) is 9.20. The number of rotatable bonds is 5. The van der Waals surface area contributed by atoms with Gasteiger partial charge >= 0.3 is 5.97 Å². The predicted octanol–water partition coefficient (Wildman–Crippen LogP) is 5.85. The molecule has 33 heavy (non-hydrogen) atoms. The molecule has 176 valence electrons. The van der Waals surface area contributed by atoms with E-state index in [0.717, 1.165) is 5.56 Å². The smallest absolute Gasteiger partial charge is 0.326 e. The van der Waals surface area contributed by atoms with Gasteiger partial charge in [-0.2, -0.15) is 0 Å². The molecule has 1 aliphatic rings. The summed E-state index contributed by atoms with van der Waals surface area (Å²) in [6.45, 7) is 7.08. The number of piperidine rings is 1. The molecule has 1 N–H and O–H groups in total. The zero-order chi connectivity index (χ0) is 24.3. The van der Waals surface area contributed by atoms with E-state index in [2.05, 4.69) is 5.32 Å². The van der Waals surface area contributed by atoms with Crippen molar-refractivity contribution in [1.29, 1.82) is 0 Å². The maximum Gasteiger partial charge on any atom is 0.326 e. The molecule has 1 amide bonds. The summed E-state index contributed by atoms with van der Waals surface area (Å²) in [5.74, 6) is -1.70. The van der Waals surface area contributed by atoms with Crippen molar-refractivity contribution >= 4 is 46.4 Å². The monoisotopic (exact) mass is 490 g/mol. The zero-order valence-corrected chi connectivity index (χ0v) is 20.7. The molecule has 2 aromatic rings. The molecule has 0 spiro atoms. The van der Waals surface area contributed by atoms with E-state index in [1.165, 1.54) is 12.1 Å². The van der Waals surface area contributed by atoms with E-state index < -0.39 is 29.3 Å². The molecule has 8 heteroatoms. The topological polar surface area (TPSA) is 58.6 Å². The average molecular weight is 491 g/mol. The van der Waals surface area contributed by atoms with Crippen LogP contribution in [0.4, 0.5) is 10.1 Å². The van der Waals surface area contributed by atoms with Crippen LogP contribution in [0, 0.1) is 18.7 Å². The lowest BCUT2D eigenvalue weighted by molar-refractivity contribution is -0.156. The van der Waals surface area contributed by atoms with Crippen LogP contribution in [0.1, 0.15) is 50.8 Å². The molecular formula is C25H28ClFN2O3S. The largest absolute Gasteiger partial charge is 0.459 e. The SMILES string of the molecule is Cc1ccc(F)cc1[C@@H]1[C@@H](C(=O)Nc2cccc(Cl)c2)CCC(=S)N1CC(=O)OC(C)(C)C. The Morgan fingerprint density at radius 2 is 1.97 bits per heavy atom. The number of ether oxygens (including phenoxy) is 1. The predicted molar refractivity (Wildman–Crippen MR) is 132 cm³/mol. The Morgan fingerprint density at radius 1 is 1.24 bits per heavy atom. The minimum Gasteiger partial charge on any atom is -0.459 e. The number of anilines is 1. The summed E-state index contributed by atoms with van der Waals surface area (Å²) in [6.07, 6.45) is 0.924. The third kappa shape index (κ3) is 6.51. The van der Waals surface area contributed by atoms with Crippen molar-refractivity contribution in [3.8, 4) is 0 Å². The third-order valence-electron chi connectivity index (χ3n) is 5.41. The molecule has 3 rings (SSSR count). The lowest BCUT2D eigenvalue weighted by atomic mass is 9.82. The summed E-state index contributed by atoms with van der Waals surface area (Å²) in [5, 5.41) is 3.41. The van der Waals surface area contributed by atoms with Gasteiger partial charge in [-0.3, -0.25) is 9.59 Å². The molecule has 2 aromatic carbocycles. The van der Waals surface area contributed by atoms with Crippen LogP contribution >= 0.6 is 23.8 Å². The number of nitrogens with one attached hydrogen (secondary N) is 1. The molecule has 0 bridgehead atoms. The van der Waals surface area contributed by atoms with Gasteiger partial charge in [0, 0.05) is 10.7 Å². The number of carbonyl (C=O) groups is 2. The minimum atomic E-state index is -0.665. The number of benzene rings is 2. The van der Waals surface area contributed by atoms with Gasteiger partial charge in [-0.1, -0.05) is 36.0 Å². The van der Waals surface area contributed by atoms with Crippen LogP contribution in [-0.2, 0) is 14.3 Å². The van der Waals surface area contributed by atoms with E-state index in [1.807, 2.05) is 6.92 Å². The van der Waals surface area contributed by atoms with E-state index in [4.69, 9.17) is 28.6 Å². The number of hydrogen-bond donors (Lipinski definition) is 1. The van der Waals surface area contributed by atoms with Crippen LogP contribution in [0.5, 0.6) is 0 Å². The van der Waals surface area contributed by atoms with Gasteiger partial charge in [0.15, 0.2) is 0 Å². The van der Waals surface area contributed by atoms with Gasteiger partial charge in [-0.15, -0.1) is 0 Å². The van der Waals surface area contributed by atoms with Crippen LogP contribution in [0.25, 0.3) is 0 Å². The summed E-state index contributed by atoms with van der Waals surface area (Å²) in [5.41, 5.74) is 1.32. The van der Waals surface area contributed by atoms with Crippen molar-refractivity contribution in [2.75, 3.05) is 11.9 Å². The van der Waals surface area contributed by atoms with Crippen molar-refractivity contribution in [3.63, 3.8) is 0 Å². The van der Waals surface area contributed by atoms with Crippen molar-refractivity contribution in [2.24, 2.45) is 5.92 Å². The van der Waals surface area contributed by atoms with Crippen LogP contribution < -0.4 is 5.32 Å². The van der Waals surface area contributed by atoms with Gasteiger partial charge < -0.3 is 15.0 Å². The molecule has 1 fully saturated rings. The third-order valence-corrected chi connectivity index (χ3v) is 6.09. The van der Waals surface area contributed by atoms with Crippen LogP contribution in [0.2, 0.25) is 5.02 Å². The van der Waals surface area contributed by atoms with Crippen LogP contribution in [0.15, 0.2) is 42.5 Å². The van der Waals surface area contributed by atoms with Crippen molar-refractivity contribution < 1.29 is 18.7 Å². The number of hydrogen-bond acceptors (Lipinski definition) is 4. The van der Waals surface area contributed by atoms with Crippen molar-refractivity contribution in [2.45, 2.75) is 52.2 Å². The van der Waals surface area contributed by atoms with E-state index in [-0.39, 0.29) is 12.5 Å². The number of esters is 1. The first-order chi connectivity index (χ1) is 15.4. The molecular weight excluding hydrogens is 463 g/mol. The summed E-state index contributed by atoms with van der Waals surface area (Å²) in [4.78, 5) is 28.3. The Labute approximate surface area is 204 Å². The lowest BCUT2D eigenvalue weighted by Gasteiger charge is -2.43. The number of likely N-dealkylation sites (tertiary alicyclic amines) is 1. The molecule has 0 radical (unpaired) electrons. The highest BCUT2D eigenvalue weighted by Gasteiger charge is 2.41. The Balaban J connectivity index is 1.98. The lowest BCUT2D eigenvalue weighted by Crippen LogP contribution is -2.49. The highest BCUT2D eigenvalue weighted by molar-refractivity contribution is 7.80. The fourth-order valence-corrected chi connectivity index (χ4v) is 4.53. The molecule has 1 aliphatic heterocycles. The van der Waals surface area contributed by atoms with Gasteiger partial charge in [0.05, 0.1) is 16.9 Å². The number of amides is 1. The standard InChI is InChI=1S/C25H28ClFN2O3S/c1-15-8-9-17(27)13-20(15)23-19(24(31)28-18-7-5-6-16(26)12-18)10-11-21(33)29(23)14-22(30)32-25(2,3)4/h5-9,12-13,19,23H,10-11,14H2,1-4H3,(H,28,31)/t19-,23-/m0/s1. The van der Waals surface area contributed by atoms with Gasteiger partial charge in [-0.05, 0) is 82.0 Å². The summed E-state index contributed by atoms with van der Waals surface area (Å²) < 4.78 is 19.8. The van der Waals surface area contributed by atoms with E-state index in [9.17, 15) is 14.0 Å². The summed E-state index contributed by atoms with van der Waals surface area (Å²) in [6, 6.07) is 10.7. The zero-order valence-electron chi connectivity index (χ0n) is 19.2. The highest BCUT2D eigenvalue weighted by Crippen LogP contribution is 2.39. The first kappa shape index (κ1) is 25.1. The van der Waals surface area contributed by atoms with Gasteiger partial charge in [0.1, 0.15) is 18.0 Å². The molecule has 1 saturated heterocycles. The number of halogens is 2. The molecule has 0 aromatic heterocycles. The number of carbonyl (C=O) groups excluding carboxylic acids is 2. The Kier molecular flexibility index (Phi) is 7.75. The second kappa shape index (κ2) is 10.2. The average Bonchev–Trinajstić information content (AvgIpc) is 2.70. The molecule has 0 aliphatic carbocycles. The first-order valence-corrected chi connectivity index (χ1v) is 11.6. The molecule has 0 saturated carbocycles. The van der Waals surface area contributed by atoms with Gasteiger partial charge in [0.2, 0.25) is 5.91 Å². The molecule has 2 atom stereocenters. The number of aryl methyl sites for hydroxylation is 1. The van der Waals surface area contributed by atoms with E-state index >= 15 is 0 Å². The number of nitrogens with zero attached hydrogens (tertiary/aromatic N) is 1. The fraction of sp³-hybridized carbons (Fsp3) is 0.400. The Morgan fingerprint density at radius 3 is 2.64 bits per heavy atom. The van der Waals surface area contributed by atoms with Gasteiger partial charge in [0.25, 0.3) is 0 Å². The maximum atomic E-state index is 14.3. The summed E-state index contributed by atoms with van der Waals surface area (Å²) in [7, 11) is 0. The van der Waals surface area contributed by atoms with E-state index in [0.29, 0.717) is 34.1 Å². The maximum absolute atomic E-state index is 14.3.